The van der Waals surface area contributed by atoms with Crippen LogP contribution in [0.1, 0.15) is 5.56 Å². The van der Waals surface area contributed by atoms with Gasteiger partial charge in [-0.15, -0.1) is 0 Å². The van der Waals surface area contributed by atoms with Crippen LogP contribution >= 0.6 is 23.2 Å². The molecule has 0 N–H and O–H groups in total. The number of aliphatic imine (C=N–C) groups is 2. The minimum absolute atomic E-state index is 0.442. The van der Waals surface area contributed by atoms with Gasteiger partial charge in [0.25, 0.3) is 0 Å². The molecule has 2 aromatic carbocycles. The highest BCUT2D eigenvalue weighted by Crippen LogP contribution is 2.37. The molecule has 0 saturated carbocycles. The van der Waals surface area contributed by atoms with Crippen molar-refractivity contribution in [3.8, 4) is 5.75 Å². The molecule has 138 valence electrons. The average molecular weight is 393 g/mol. The third kappa shape index (κ3) is 5.13. The first kappa shape index (κ1) is 20.1. The highest BCUT2D eigenvalue weighted by Gasteiger charge is 2.08. The molecule has 7 heteroatoms. The lowest BCUT2D eigenvalue weighted by Crippen LogP contribution is -2.08. The molecule has 5 nitrogen and oxygen atoms in total. The summed E-state index contributed by atoms with van der Waals surface area (Å²) in [5, 5.41) is 0.885. The van der Waals surface area contributed by atoms with Gasteiger partial charge in [-0.1, -0.05) is 23.2 Å². The van der Waals surface area contributed by atoms with Gasteiger partial charge in [-0.05, 0) is 24.3 Å². The largest absolute Gasteiger partial charge is 0.496 e. The van der Waals surface area contributed by atoms with Crippen molar-refractivity contribution in [1.82, 2.24) is 4.90 Å². The Kier molecular flexibility index (Phi) is 6.89. The first-order valence-electron chi connectivity index (χ1n) is 7.91. The Hall–Kier alpha value is -2.24. The molecular formula is C19H22Cl2N4O. The lowest BCUT2D eigenvalue weighted by Gasteiger charge is -2.14. The number of methoxy groups -OCH3 is 1. The molecule has 26 heavy (non-hydrogen) atoms. The number of rotatable bonds is 6. The van der Waals surface area contributed by atoms with Crippen LogP contribution in [0.2, 0.25) is 10.0 Å². The summed E-state index contributed by atoms with van der Waals surface area (Å²) in [4.78, 5) is 12.6. The lowest BCUT2D eigenvalue weighted by atomic mass is 10.2. The van der Waals surface area contributed by atoms with Crippen molar-refractivity contribution in [2.75, 3.05) is 40.2 Å². The minimum atomic E-state index is 0.442. The zero-order valence-electron chi connectivity index (χ0n) is 15.5. The second kappa shape index (κ2) is 8.92. The quantitative estimate of drug-likeness (QED) is 0.510. The van der Waals surface area contributed by atoms with Gasteiger partial charge in [-0.3, -0.25) is 4.99 Å². The Morgan fingerprint density at radius 2 is 1.62 bits per heavy atom. The van der Waals surface area contributed by atoms with Crippen LogP contribution in [0.15, 0.2) is 40.3 Å². The monoisotopic (exact) mass is 392 g/mol. The fraction of sp³-hybridized carbons (Fsp3) is 0.263. The fourth-order valence-electron chi connectivity index (χ4n) is 2.15. The van der Waals surface area contributed by atoms with E-state index in [1.165, 1.54) is 0 Å². The normalized spacial score (nSPS) is 11.3. The van der Waals surface area contributed by atoms with Gasteiger partial charge in [-0.25, -0.2) is 4.99 Å². The second-order valence-corrected chi connectivity index (χ2v) is 6.86. The first-order valence-corrected chi connectivity index (χ1v) is 8.66. The van der Waals surface area contributed by atoms with E-state index in [0.29, 0.717) is 21.4 Å². The van der Waals surface area contributed by atoms with Crippen molar-refractivity contribution < 1.29 is 4.74 Å². The number of ether oxygens (including phenoxy) is 1. The van der Waals surface area contributed by atoms with Crippen molar-refractivity contribution in [2.24, 2.45) is 9.98 Å². The summed E-state index contributed by atoms with van der Waals surface area (Å²) in [7, 11) is 9.34. The van der Waals surface area contributed by atoms with Gasteiger partial charge in [-0.2, -0.15) is 0 Å². The van der Waals surface area contributed by atoms with Crippen LogP contribution in [-0.4, -0.2) is 52.8 Å². The van der Waals surface area contributed by atoms with Crippen LogP contribution in [0, 0.1) is 0 Å². The Labute approximate surface area is 164 Å². The third-order valence-electron chi connectivity index (χ3n) is 3.51. The van der Waals surface area contributed by atoms with Crippen molar-refractivity contribution in [1.29, 1.82) is 0 Å². The van der Waals surface area contributed by atoms with E-state index in [0.717, 1.165) is 17.0 Å². The molecule has 0 aromatic heterocycles. The summed E-state index contributed by atoms with van der Waals surface area (Å²) >= 11 is 12.6. The summed E-state index contributed by atoms with van der Waals surface area (Å²) in [6.45, 7) is 0. The molecule has 0 bridgehead atoms. The summed E-state index contributed by atoms with van der Waals surface area (Å²) in [5.41, 5.74) is 3.07. The molecule has 0 saturated heterocycles. The van der Waals surface area contributed by atoms with E-state index in [2.05, 4.69) is 9.98 Å². The van der Waals surface area contributed by atoms with E-state index < -0.39 is 0 Å². The Morgan fingerprint density at radius 1 is 0.962 bits per heavy atom. The molecule has 0 heterocycles. The summed E-state index contributed by atoms with van der Waals surface area (Å²) in [6, 6.07) is 9.37. The van der Waals surface area contributed by atoms with E-state index in [-0.39, 0.29) is 0 Å². The molecule has 0 atom stereocenters. The Balaban J connectivity index is 2.31. The summed E-state index contributed by atoms with van der Waals surface area (Å²) in [5.74, 6) is 0.740. The molecule has 0 aliphatic carbocycles. The number of anilines is 1. The topological polar surface area (TPSA) is 40.4 Å². The number of benzene rings is 2. The number of halogens is 2. The maximum atomic E-state index is 6.29. The Morgan fingerprint density at radius 3 is 2.15 bits per heavy atom. The van der Waals surface area contributed by atoms with Gasteiger partial charge < -0.3 is 14.5 Å². The lowest BCUT2D eigenvalue weighted by molar-refractivity contribution is 0.414. The smallest absolute Gasteiger partial charge is 0.129 e. The van der Waals surface area contributed by atoms with Gasteiger partial charge in [0.1, 0.15) is 11.4 Å². The molecule has 0 aliphatic heterocycles. The molecule has 0 unspecified atom stereocenters. The molecule has 0 amide bonds. The molecule has 0 aliphatic rings. The first-order chi connectivity index (χ1) is 12.3. The second-order valence-electron chi connectivity index (χ2n) is 6.05. The number of nitrogens with zero attached hydrogens (tertiary/aromatic N) is 4. The van der Waals surface area contributed by atoms with E-state index in [9.17, 15) is 0 Å². The SMILES string of the molecule is COc1cc(N(C)C)ccc1/C=N/c1cc(Cl)c(/N=C\N(C)C)c(Cl)c1. The summed E-state index contributed by atoms with van der Waals surface area (Å²) in [6.07, 6.45) is 3.37. The van der Waals surface area contributed by atoms with E-state index >= 15 is 0 Å². The van der Waals surface area contributed by atoms with Crippen LogP contribution in [-0.2, 0) is 0 Å². The maximum absolute atomic E-state index is 6.29. The zero-order chi connectivity index (χ0) is 19.3. The van der Waals surface area contributed by atoms with Crippen molar-refractivity contribution in [2.45, 2.75) is 0 Å². The molecule has 0 spiro atoms. The molecule has 2 aromatic rings. The molecular weight excluding hydrogens is 371 g/mol. The van der Waals surface area contributed by atoms with Crippen molar-refractivity contribution in [3.63, 3.8) is 0 Å². The predicted octanol–water partition coefficient (Wildman–Crippen LogP) is 5.04. The Bertz CT molecular complexity index is 809. The third-order valence-corrected chi connectivity index (χ3v) is 4.08. The van der Waals surface area contributed by atoms with Crippen LogP contribution in [0.4, 0.5) is 17.1 Å². The van der Waals surface area contributed by atoms with E-state index in [4.69, 9.17) is 27.9 Å². The fourth-order valence-corrected chi connectivity index (χ4v) is 2.73. The molecule has 0 fully saturated rings. The number of hydrogen-bond acceptors (Lipinski definition) is 4. The number of hydrogen-bond donors (Lipinski definition) is 0. The highest BCUT2D eigenvalue weighted by atomic mass is 35.5. The minimum Gasteiger partial charge on any atom is -0.496 e. The maximum Gasteiger partial charge on any atom is 0.129 e. The van der Waals surface area contributed by atoms with Gasteiger partial charge in [0.05, 0.1) is 29.2 Å². The van der Waals surface area contributed by atoms with Gasteiger partial charge in [0.15, 0.2) is 0 Å². The van der Waals surface area contributed by atoms with Gasteiger partial charge in [0, 0.05) is 51.7 Å². The zero-order valence-corrected chi connectivity index (χ0v) is 17.0. The van der Waals surface area contributed by atoms with Crippen LogP contribution < -0.4 is 9.64 Å². The average Bonchev–Trinajstić information content (AvgIpc) is 2.58. The molecule has 0 radical (unpaired) electrons. The predicted molar refractivity (Wildman–Crippen MR) is 113 cm³/mol. The van der Waals surface area contributed by atoms with Crippen LogP contribution in [0.5, 0.6) is 5.75 Å². The summed E-state index contributed by atoms with van der Waals surface area (Å²) < 4.78 is 5.45. The van der Waals surface area contributed by atoms with Gasteiger partial charge in [0.2, 0.25) is 0 Å². The van der Waals surface area contributed by atoms with Crippen LogP contribution in [0.3, 0.4) is 0 Å². The van der Waals surface area contributed by atoms with Gasteiger partial charge >= 0.3 is 0 Å². The standard InChI is InChI=1S/C19H22Cl2N4O/c1-24(2)12-23-19-16(20)8-14(9-17(19)21)22-11-13-6-7-15(25(3)4)10-18(13)26-5/h6-12H,1-5H3/b22-11+,23-12-. The van der Waals surface area contributed by atoms with E-state index in [1.54, 1.807) is 31.8 Å². The highest BCUT2D eigenvalue weighted by molar-refractivity contribution is 6.39. The van der Waals surface area contributed by atoms with Crippen molar-refractivity contribution >= 4 is 52.8 Å². The van der Waals surface area contributed by atoms with Crippen LogP contribution in [0.25, 0.3) is 0 Å². The molecule has 2 rings (SSSR count). The van der Waals surface area contributed by atoms with Crippen molar-refractivity contribution in [3.05, 3.63) is 45.9 Å². The van der Waals surface area contributed by atoms with E-state index in [1.807, 2.05) is 56.2 Å².